The van der Waals surface area contributed by atoms with E-state index in [2.05, 4.69) is 25.2 Å². The van der Waals surface area contributed by atoms with Crippen LogP contribution in [0.2, 0.25) is 0 Å². The third-order valence-electron chi connectivity index (χ3n) is 4.35. The van der Waals surface area contributed by atoms with Crippen molar-refractivity contribution in [2.75, 3.05) is 26.0 Å². The van der Waals surface area contributed by atoms with Gasteiger partial charge in [-0.05, 0) is 43.9 Å². The molecule has 27 heavy (non-hydrogen) atoms. The number of aromatic nitrogens is 3. The Balaban J connectivity index is 1.77. The number of amides is 1. The largest absolute Gasteiger partial charge is 0.395 e. The van der Waals surface area contributed by atoms with Crippen LogP contribution >= 0.6 is 0 Å². The Kier molecular flexibility index (Phi) is 5.25. The van der Waals surface area contributed by atoms with Crippen molar-refractivity contribution in [3.8, 4) is 0 Å². The Hall–Kier alpha value is -2.77. The highest BCUT2D eigenvalue weighted by atomic mass is 16.3. The summed E-state index contributed by atoms with van der Waals surface area (Å²) in [6.07, 6.45) is 1.76. The van der Waals surface area contributed by atoms with E-state index in [4.69, 9.17) is 0 Å². The van der Waals surface area contributed by atoms with Gasteiger partial charge in [-0.2, -0.15) is 0 Å². The van der Waals surface area contributed by atoms with Gasteiger partial charge in [0.1, 0.15) is 11.6 Å². The van der Waals surface area contributed by atoms with E-state index in [9.17, 15) is 9.90 Å². The first-order valence-electron chi connectivity index (χ1n) is 8.80. The molecule has 7 nitrogen and oxygen atoms in total. The van der Waals surface area contributed by atoms with Crippen molar-refractivity contribution in [1.29, 1.82) is 0 Å². The number of anilines is 1. The van der Waals surface area contributed by atoms with Crippen molar-refractivity contribution in [2.45, 2.75) is 25.8 Å². The van der Waals surface area contributed by atoms with E-state index in [1.165, 1.54) is 0 Å². The summed E-state index contributed by atoms with van der Waals surface area (Å²) >= 11 is 0. The second kappa shape index (κ2) is 7.46. The van der Waals surface area contributed by atoms with Gasteiger partial charge in [0.05, 0.1) is 17.6 Å². The zero-order valence-corrected chi connectivity index (χ0v) is 16.1. The summed E-state index contributed by atoms with van der Waals surface area (Å²) in [5, 5.41) is 12.3. The number of nitrogens with one attached hydrogen (secondary N) is 2. The lowest BCUT2D eigenvalue weighted by atomic mass is 9.94. The number of fused-ring (bicyclic) bond motifs is 1. The molecule has 0 bridgehead atoms. The number of pyridine rings is 1. The van der Waals surface area contributed by atoms with Gasteiger partial charge >= 0.3 is 0 Å². The molecule has 1 aromatic carbocycles. The molecule has 0 aliphatic carbocycles. The molecule has 0 unspecified atom stereocenters. The lowest BCUT2D eigenvalue weighted by Crippen LogP contribution is -2.23. The molecule has 0 spiro atoms. The molecule has 3 N–H and O–H groups in total. The van der Waals surface area contributed by atoms with E-state index in [1.54, 1.807) is 30.5 Å². The van der Waals surface area contributed by atoms with Crippen molar-refractivity contribution in [3.05, 3.63) is 53.5 Å². The molecule has 0 aliphatic rings. The number of hydrogen-bond donors (Lipinski definition) is 3. The van der Waals surface area contributed by atoms with Gasteiger partial charge < -0.3 is 20.3 Å². The van der Waals surface area contributed by atoms with Gasteiger partial charge in [0.15, 0.2) is 0 Å². The molecule has 0 fully saturated rings. The smallest absolute Gasteiger partial charge is 0.256 e. The number of H-pyrrole nitrogens is 1. The van der Waals surface area contributed by atoms with E-state index in [0.717, 1.165) is 23.1 Å². The van der Waals surface area contributed by atoms with Gasteiger partial charge in [-0.15, -0.1) is 0 Å². The number of benzene rings is 1. The molecule has 0 radical (unpaired) electrons. The standard InChI is InChI=1S/C20H25N5O2/c1-20(2,12-26)19-22-15-7-6-14(9-16(15)23-19)18(27)24-17-8-5-13(10-21-17)11-25(3)4/h5-10,26H,11-12H2,1-4H3,(H,22,23)(H,21,24,27). The fraction of sp³-hybridized carbons (Fsp3) is 0.350. The topological polar surface area (TPSA) is 94.1 Å². The Morgan fingerprint density at radius 3 is 2.67 bits per heavy atom. The lowest BCUT2D eigenvalue weighted by Gasteiger charge is -2.17. The van der Waals surface area contributed by atoms with E-state index in [0.29, 0.717) is 17.2 Å². The Bertz CT molecular complexity index is 945. The van der Waals surface area contributed by atoms with Crippen LogP contribution in [-0.4, -0.2) is 51.6 Å². The minimum Gasteiger partial charge on any atom is -0.395 e. The maximum Gasteiger partial charge on any atom is 0.256 e. The fourth-order valence-corrected chi connectivity index (χ4v) is 2.69. The number of nitrogens with zero attached hydrogens (tertiary/aromatic N) is 3. The van der Waals surface area contributed by atoms with Crippen molar-refractivity contribution in [2.24, 2.45) is 0 Å². The van der Waals surface area contributed by atoms with Crippen LogP contribution in [0.4, 0.5) is 5.82 Å². The van der Waals surface area contributed by atoms with Crippen molar-refractivity contribution in [1.82, 2.24) is 19.9 Å². The molecular weight excluding hydrogens is 342 g/mol. The van der Waals surface area contributed by atoms with Crippen LogP contribution in [0.5, 0.6) is 0 Å². The first-order chi connectivity index (χ1) is 12.8. The van der Waals surface area contributed by atoms with Crippen LogP contribution in [0, 0.1) is 0 Å². The third kappa shape index (κ3) is 4.32. The molecule has 0 saturated carbocycles. The monoisotopic (exact) mass is 367 g/mol. The van der Waals surface area contributed by atoms with Gasteiger partial charge in [0.2, 0.25) is 0 Å². The van der Waals surface area contributed by atoms with Crippen LogP contribution in [-0.2, 0) is 12.0 Å². The summed E-state index contributed by atoms with van der Waals surface area (Å²) in [6, 6.07) is 9.03. The predicted octanol–water partition coefficient (Wildman–Crippen LogP) is 2.54. The zero-order chi connectivity index (χ0) is 19.6. The number of carbonyl (C=O) groups is 1. The number of hydrogen-bond acceptors (Lipinski definition) is 5. The van der Waals surface area contributed by atoms with Gasteiger partial charge in [-0.25, -0.2) is 9.97 Å². The van der Waals surface area contributed by atoms with Crippen LogP contribution in [0.15, 0.2) is 36.5 Å². The maximum atomic E-state index is 12.5. The van der Waals surface area contributed by atoms with Gasteiger partial charge in [0, 0.05) is 23.7 Å². The number of imidazole rings is 1. The van der Waals surface area contributed by atoms with E-state index in [1.807, 2.05) is 34.0 Å². The van der Waals surface area contributed by atoms with Gasteiger partial charge in [-0.1, -0.05) is 19.9 Å². The maximum absolute atomic E-state index is 12.5. The summed E-state index contributed by atoms with van der Waals surface area (Å²) in [6.45, 7) is 4.59. The summed E-state index contributed by atoms with van der Waals surface area (Å²) in [5.74, 6) is 0.965. The molecule has 142 valence electrons. The second-order valence-electron chi connectivity index (χ2n) is 7.60. The van der Waals surface area contributed by atoms with E-state index in [-0.39, 0.29) is 12.5 Å². The van der Waals surface area contributed by atoms with Crippen molar-refractivity contribution < 1.29 is 9.90 Å². The molecule has 0 aliphatic heterocycles. The first kappa shape index (κ1) is 19.0. The lowest BCUT2D eigenvalue weighted by molar-refractivity contribution is 0.102. The summed E-state index contributed by atoms with van der Waals surface area (Å²) in [7, 11) is 3.99. The average molecular weight is 367 g/mol. The Morgan fingerprint density at radius 2 is 2.04 bits per heavy atom. The highest BCUT2D eigenvalue weighted by molar-refractivity contribution is 6.05. The SMILES string of the molecule is CN(C)Cc1ccc(NC(=O)c2ccc3nc(C(C)(C)CO)[nH]c3c2)nc1. The molecule has 3 rings (SSSR count). The minimum absolute atomic E-state index is 0.0182. The minimum atomic E-state index is -0.473. The van der Waals surface area contributed by atoms with Gasteiger partial charge in [-0.3, -0.25) is 4.79 Å². The number of aromatic amines is 1. The predicted molar refractivity (Wildman–Crippen MR) is 106 cm³/mol. The molecule has 1 amide bonds. The van der Waals surface area contributed by atoms with Crippen LogP contribution < -0.4 is 5.32 Å². The average Bonchev–Trinajstić information content (AvgIpc) is 3.07. The van der Waals surface area contributed by atoms with Crippen molar-refractivity contribution >= 4 is 22.8 Å². The highest BCUT2D eigenvalue weighted by Crippen LogP contribution is 2.23. The highest BCUT2D eigenvalue weighted by Gasteiger charge is 2.23. The first-order valence-corrected chi connectivity index (χ1v) is 8.80. The van der Waals surface area contributed by atoms with Crippen LogP contribution in [0.25, 0.3) is 11.0 Å². The Labute approximate surface area is 158 Å². The molecule has 2 aromatic heterocycles. The number of rotatable bonds is 6. The number of aliphatic hydroxyl groups excluding tert-OH is 1. The second-order valence-corrected chi connectivity index (χ2v) is 7.60. The normalized spacial score (nSPS) is 11.9. The van der Waals surface area contributed by atoms with Crippen LogP contribution in [0.3, 0.4) is 0 Å². The summed E-state index contributed by atoms with van der Waals surface area (Å²) in [5.41, 5.74) is 2.64. The third-order valence-corrected chi connectivity index (χ3v) is 4.35. The van der Waals surface area contributed by atoms with Gasteiger partial charge in [0.25, 0.3) is 5.91 Å². The molecule has 3 aromatic rings. The summed E-state index contributed by atoms with van der Waals surface area (Å²) < 4.78 is 0. The van der Waals surface area contributed by atoms with E-state index >= 15 is 0 Å². The van der Waals surface area contributed by atoms with E-state index < -0.39 is 5.41 Å². The quantitative estimate of drug-likeness (QED) is 0.622. The summed E-state index contributed by atoms with van der Waals surface area (Å²) in [4.78, 5) is 26.6. The molecule has 2 heterocycles. The zero-order valence-electron chi connectivity index (χ0n) is 16.1. The number of carbonyl (C=O) groups excluding carboxylic acids is 1. The molecule has 0 atom stereocenters. The van der Waals surface area contributed by atoms with Crippen molar-refractivity contribution in [3.63, 3.8) is 0 Å². The fourth-order valence-electron chi connectivity index (χ4n) is 2.69. The molecule has 7 heteroatoms. The molecule has 0 saturated heterocycles. The van der Waals surface area contributed by atoms with Crippen LogP contribution in [0.1, 0.15) is 35.6 Å². The number of aliphatic hydroxyl groups is 1. The molecular formula is C20H25N5O2. The Morgan fingerprint density at radius 1 is 1.26 bits per heavy atom.